The lowest BCUT2D eigenvalue weighted by Crippen LogP contribution is -2.35. The first kappa shape index (κ1) is 14.0. The normalized spacial score (nSPS) is 17.7. The van der Waals surface area contributed by atoms with E-state index in [-0.39, 0.29) is 6.10 Å². The van der Waals surface area contributed by atoms with Crippen LogP contribution in [0.25, 0.3) is 0 Å². The van der Waals surface area contributed by atoms with Gasteiger partial charge >= 0.3 is 0 Å². The summed E-state index contributed by atoms with van der Waals surface area (Å²) >= 11 is 0. The van der Waals surface area contributed by atoms with Crippen molar-refractivity contribution in [3.8, 4) is 11.5 Å². The molecule has 2 rings (SSSR count). The van der Waals surface area contributed by atoms with Crippen LogP contribution in [0.15, 0.2) is 18.2 Å². The van der Waals surface area contributed by atoms with Crippen LogP contribution in [0.5, 0.6) is 11.5 Å². The number of anilines is 1. The molecule has 19 heavy (non-hydrogen) atoms. The van der Waals surface area contributed by atoms with Gasteiger partial charge in [-0.1, -0.05) is 0 Å². The van der Waals surface area contributed by atoms with Crippen LogP contribution in [0.4, 0.5) is 5.69 Å². The number of nitrogens with zero attached hydrogens (tertiary/aromatic N) is 1. The predicted octanol–water partition coefficient (Wildman–Crippen LogP) is 2.53. The van der Waals surface area contributed by atoms with E-state index < -0.39 is 0 Å². The Labute approximate surface area is 115 Å². The smallest absolute Gasteiger partial charge is 0.146 e. The fourth-order valence-electron chi connectivity index (χ4n) is 2.24. The number of hydrogen-bond donors (Lipinski definition) is 1. The van der Waals surface area contributed by atoms with Crippen molar-refractivity contribution in [1.29, 1.82) is 0 Å². The molecule has 1 aromatic carbocycles. The summed E-state index contributed by atoms with van der Waals surface area (Å²) in [4.78, 5) is 2.33. The Morgan fingerprint density at radius 2 is 1.95 bits per heavy atom. The molecule has 0 atom stereocenters. The largest absolute Gasteiger partial charge is 0.490 e. The van der Waals surface area contributed by atoms with Crippen molar-refractivity contribution < 1.29 is 9.47 Å². The van der Waals surface area contributed by atoms with Crippen LogP contribution < -0.4 is 15.2 Å². The summed E-state index contributed by atoms with van der Waals surface area (Å²) < 4.78 is 11.7. The van der Waals surface area contributed by atoms with Gasteiger partial charge in [-0.25, -0.2) is 0 Å². The second-order valence-electron chi connectivity index (χ2n) is 5.49. The van der Waals surface area contributed by atoms with Gasteiger partial charge in [0.2, 0.25) is 0 Å². The molecule has 1 heterocycles. The van der Waals surface area contributed by atoms with Crippen molar-refractivity contribution in [2.45, 2.75) is 38.9 Å². The Morgan fingerprint density at radius 3 is 2.58 bits per heavy atom. The minimum absolute atomic E-state index is 0.112. The van der Waals surface area contributed by atoms with Gasteiger partial charge in [-0.15, -0.1) is 0 Å². The van der Waals surface area contributed by atoms with E-state index in [2.05, 4.69) is 11.9 Å². The number of ether oxygens (including phenoxy) is 2. The lowest BCUT2D eigenvalue weighted by atomic mass is 10.1. The molecule has 0 aromatic heterocycles. The maximum absolute atomic E-state index is 6.02. The van der Waals surface area contributed by atoms with Crippen LogP contribution >= 0.6 is 0 Å². The van der Waals surface area contributed by atoms with Crippen LogP contribution in [0.3, 0.4) is 0 Å². The van der Waals surface area contributed by atoms with E-state index in [0.29, 0.717) is 17.5 Å². The molecule has 0 spiro atoms. The van der Waals surface area contributed by atoms with E-state index in [1.54, 1.807) is 0 Å². The molecule has 1 aromatic rings. The molecule has 0 amide bonds. The third kappa shape index (κ3) is 4.03. The third-order valence-electron chi connectivity index (χ3n) is 3.32. The highest BCUT2D eigenvalue weighted by molar-refractivity contribution is 5.55. The molecule has 0 bridgehead atoms. The van der Waals surface area contributed by atoms with Gasteiger partial charge in [0.15, 0.2) is 0 Å². The van der Waals surface area contributed by atoms with Gasteiger partial charge in [-0.05, 0) is 45.9 Å². The highest BCUT2D eigenvalue weighted by Gasteiger charge is 2.18. The Morgan fingerprint density at radius 1 is 1.26 bits per heavy atom. The van der Waals surface area contributed by atoms with Crippen molar-refractivity contribution in [3.05, 3.63) is 18.2 Å². The highest BCUT2D eigenvalue weighted by Crippen LogP contribution is 2.29. The number of likely N-dealkylation sites (tertiary alicyclic amines) is 1. The number of nitrogen functional groups attached to an aromatic ring is 1. The lowest BCUT2D eigenvalue weighted by molar-refractivity contribution is 0.114. The quantitative estimate of drug-likeness (QED) is 0.849. The summed E-state index contributed by atoms with van der Waals surface area (Å²) in [7, 11) is 2.15. The van der Waals surface area contributed by atoms with Crippen molar-refractivity contribution in [2.75, 3.05) is 25.9 Å². The molecular formula is C15H24N2O2. The van der Waals surface area contributed by atoms with Gasteiger partial charge < -0.3 is 20.1 Å². The van der Waals surface area contributed by atoms with Crippen molar-refractivity contribution >= 4 is 5.69 Å². The number of nitrogens with two attached hydrogens (primary N) is 1. The summed E-state index contributed by atoms with van der Waals surface area (Å²) in [5, 5.41) is 0. The van der Waals surface area contributed by atoms with E-state index in [9.17, 15) is 0 Å². The predicted molar refractivity (Wildman–Crippen MR) is 77.8 cm³/mol. The molecule has 0 unspecified atom stereocenters. The topological polar surface area (TPSA) is 47.7 Å². The van der Waals surface area contributed by atoms with Crippen LogP contribution in [0, 0.1) is 0 Å². The molecule has 1 aliphatic heterocycles. The fourth-order valence-corrected chi connectivity index (χ4v) is 2.24. The zero-order chi connectivity index (χ0) is 13.8. The summed E-state index contributed by atoms with van der Waals surface area (Å²) in [5.74, 6) is 1.56. The van der Waals surface area contributed by atoms with Crippen molar-refractivity contribution in [1.82, 2.24) is 4.90 Å². The molecule has 0 radical (unpaired) electrons. The molecule has 0 aliphatic carbocycles. The molecule has 0 saturated carbocycles. The standard InChI is InChI=1S/C15H24N2O2/c1-11(2)18-15-10-13(4-5-14(15)16)19-12-6-8-17(3)9-7-12/h4-5,10-12H,6-9,16H2,1-3H3. The van der Waals surface area contributed by atoms with Gasteiger partial charge in [0.05, 0.1) is 11.8 Å². The lowest BCUT2D eigenvalue weighted by Gasteiger charge is -2.29. The molecule has 2 N–H and O–H groups in total. The van der Waals surface area contributed by atoms with Gasteiger partial charge in [0.25, 0.3) is 0 Å². The van der Waals surface area contributed by atoms with Crippen molar-refractivity contribution in [2.24, 2.45) is 0 Å². The third-order valence-corrected chi connectivity index (χ3v) is 3.32. The molecule has 1 aliphatic rings. The number of piperidine rings is 1. The summed E-state index contributed by atoms with van der Waals surface area (Å²) in [6.07, 6.45) is 2.55. The van der Waals surface area contributed by atoms with E-state index in [1.165, 1.54) is 0 Å². The van der Waals surface area contributed by atoms with Crippen molar-refractivity contribution in [3.63, 3.8) is 0 Å². The monoisotopic (exact) mass is 264 g/mol. The first-order valence-corrected chi connectivity index (χ1v) is 6.96. The molecular weight excluding hydrogens is 240 g/mol. The Kier molecular flexibility index (Phi) is 4.53. The van der Waals surface area contributed by atoms with E-state index in [4.69, 9.17) is 15.2 Å². The molecule has 4 nitrogen and oxygen atoms in total. The second-order valence-corrected chi connectivity index (χ2v) is 5.49. The summed E-state index contributed by atoms with van der Waals surface area (Å²) in [6, 6.07) is 5.66. The van der Waals surface area contributed by atoms with Crippen LogP contribution in [-0.2, 0) is 0 Å². The fraction of sp³-hybridized carbons (Fsp3) is 0.600. The zero-order valence-corrected chi connectivity index (χ0v) is 12.1. The first-order valence-electron chi connectivity index (χ1n) is 6.96. The first-order chi connectivity index (χ1) is 9.04. The molecule has 1 saturated heterocycles. The average molecular weight is 264 g/mol. The Bertz CT molecular complexity index is 413. The summed E-state index contributed by atoms with van der Waals surface area (Å²) in [5.41, 5.74) is 6.56. The Hall–Kier alpha value is -1.42. The van der Waals surface area contributed by atoms with E-state index in [0.717, 1.165) is 31.7 Å². The van der Waals surface area contributed by atoms with Gasteiger partial charge in [0, 0.05) is 19.2 Å². The van der Waals surface area contributed by atoms with Crippen LogP contribution in [-0.4, -0.2) is 37.2 Å². The second kappa shape index (κ2) is 6.15. The number of hydrogen-bond acceptors (Lipinski definition) is 4. The zero-order valence-electron chi connectivity index (χ0n) is 12.1. The minimum Gasteiger partial charge on any atom is -0.490 e. The number of rotatable bonds is 4. The highest BCUT2D eigenvalue weighted by atomic mass is 16.5. The molecule has 106 valence electrons. The van der Waals surface area contributed by atoms with E-state index >= 15 is 0 Å². The van der Waals surface area contributed by atoms with Gasteiger partial charge in [0.1, 0.15) is 17.6 Å². The maximum Gasteiger partial charge on any atom is 0.146 e. The van der Waals surface area contributed by atoms with E-state index in [1.807, 2.05) is 32.0 Å². The van der Waals surface area contributed by atoms with Gasteiger partial charge in [-0.3, -0.25) is 0 Å². The SMILES string of the molecule is CC(C)Oc1cc(OC2CCN(C)CC2)ccc1N. The van der Waals surface area contributed by atoms with Crippen LogP contribution in [0.1, 0.15) is 26.7 Å². The Balaban J connectivity index is 2.00. The number of benzene rings is 1. The van der Waals surface area contributed by atoms with Crippen LogP contribution in [0.2, 0.25) is 0 Å². The molecule has 4 heteroatoms. The minimum atomic E-state index is 0.112. The van der Waals surface area contributed by atoms with Gasteiger partial charge in [-0.2, -0.15) is 0 Å². The molecule has 1 fully saturated rings. The average Bonchev–Trinajstić information content (AvgIpc) is 2.36. The maximum atomic E-state index is 6.02. The summed E-state index contributed by atoms with van der Waals surface area (Å²) in [6.45, 7) is 6.16.